The lowest BCUT2D eigenvalue weighted by molar-refractivity contribution is -0.114. The summed E-state index contributed by atoms with van der Waals surface area (Å²) in [7, 11) is 0. The number of benzene rings is 2. The van der Waals surface area contributed by atoms with E-state index in [4.69, 9.17) is 14.2 Å². The summed E-state index contributed by atoms with van der Waals surface area (Å²) in [6.07, 6.45) is -0.829. The summed E-state index contributed by atoms with van der Waals surface area (Å²) in [5, 5.41) is 12.6. The van der Waals surface area contributed by atoms with E-state index in [1.807, 2.05) is 0 Å². The maximum absolute atomic E-state index is 11.6. The molecule has 0 aromatic heterocycles. The number of hydrogen-bond acceptors (Lipinski definition) is 6. The Bertz CT molecular complexity index is 742. The monoisotopic (exact) mass is 373 g/mol. The normalized spacial score (nSPS) is 11.4. The second-order valence-electron chi connectivity index (χ2n) is 5.73. The Morgan fingerprint density at radius 2 is 1.48 bits per heavy atom. The van der Waals surface area contributed by atoms with Crippen molar-refractivity contribution in [1.82, 2.24) is 0 Å². The minimum Gasteiger partial charge on any atom is -0.491 e. The molecule has 1 unspecified atom stereocenters. The zero-order valence-corrected chi connectivity index (χ0v) is 15.3. The van der Waals surface area contributed by atoms with Gasteiger partial charge in [0.15, 0.2) is 0 Å². The summed E-state index contributed by atoms with van der Waals surface area (Å²) in [6.45, 7) is 3.60. The molecule has 7 nitrogen and oxygen atoms in total. The number of aliphatic hydroxyl groups is 1. The van der Waals surface area contributed by atoms with Gasteiger partial charge in [0.05, 0.1) is 12.2 Å². The second-order valence-corrected chi connectivity index (χ2v) is 5.73. The number of rotatable bonds is 9. The van der Waals surface area contributed by atoms with E-state index in [2.05, 4.69) is 5.32 Å². The van der Waals surface area contributed by atoms with Crippen LogP contribution in [0.15, 0.2) is 48.5 Å². The van der Waals surface area contributed by atoms with E-state index in [-0.39, 0.29) is 25.1 Å². The number of hydrogen-bond donors (Lipinski definition) is 2. The first kappa shape index (κ1) is 20.3. The van der Waals surface area contributed by atoms with Gasteiger partial charge in [0, 0.05) is 12.6 Å². The smallest absolute Gasteiger partial charge is 0.338 e. The van der Waals surface area contributed by atoms with Gasteiger partial charge in [-0.25, -0.2) is 4.79 Å². The minimum absolute atomic E-state index is 0.0444. The number of carbonyl (C=O) groups excluding carboxylic acids is 2. The van der Waals surface area contributed by atoms with Crippen LogP contribution in [0.2, 0.25) is 0 Å². The number of anilines is 1. The lowest BCUT2D eigenvalue weighted by Gasteiger charge is -2.14. The first-order valence-electron chi connectivity index (χ1n) is 8.56. The van der Waals surface area contributed by atoms with E-state index in [1.165, 1.54) is 6.92 Å². The molecule has 27 heavy (non-hydrogen) atoms. The van der Waals surface area contributed by atoms with Gasteiger partial charge in [-0.15, -0.1) is 0 Å². The van der Waals surface area contributed by atoms with Crippen molar-refractivity contribution in [1.29, 1.82) is 0 Å². The highest BCUT2D eigenvalue weighted by Gasteiger charge is 2.09. The lowest BCUT2D eigenvalue weighted by Crippen LogP contribution is -2.25. The molecule has 0 bridgehead atoms. The van der Waals surface area contributed by atoms with Crippen LogP contribution >= 0.6 is 0 Å². The molecule has 0 radical (unpaired) electrons. The van der Waals surface area contributed by atoms with Crippen molar-refractivity contribution in [2.24, 2.45) is 0 Å². The van der Waals surface area contributed by atoms with Crippen molar-refractivity contribution in [2.75, 3.05) is 25.1 Å². The fourth-order valence-corrected chi connectivity index (χ4v) is 2.17. The molecule has 2 N–H and O–H groups in total. The second kappa shape index (κ2) is 10.2. The van der Waals surface area contributed by atoms with Crippen LogP contribution in [-0.4, -0.2) is 42.9 Å². The Morgan fingerprint density at radius 3 is 1.96 bits per heavy atom. The number of ether oxygens (including phenoxy) is 3. The average Bonchev–Trinajstić information content (AvgIpc) is 2.66. The van der Waals surface area contributed by atoms with E-state index in [0.29, 0.717) is 29.4 Å². The summed E-state index contributed by atoms with van der Waals surface area (Å²) in [4.78, 5) is 22.5. The predicted molar refractivity (Wildman–Crippen MR) is 100 cm³/mol. The quantitative estimate of drug-likeness (QED) is 0.656. The number of nitrogens with one attached hydrogen (secondary N) is 1. The topological polar surface area (TPSA) is 94.1 Å². The highest BCUT2D eigenvalue weighted by Crippen LogP contribution is 2.16. The van der Waals surface area contributed by atoms with Crippen LogP contribution in [0.4, 0.5) is 5.69 Å². The molecule has 144 valence electrons. The van der Waals surface area contributed by atoms with Crippen LogP contribution < -0.4 is 14.8 Å². The van der Waals surface area contributed by atoms with Gasteiger partial charge in [-0.05, 0) is 55.5 Å². The van der Waals surface area contributed by atoms with Gasteiger partial charge >= 0.3 is 5.97 Å². The molecular weight excluding hydrogens is 350 g/mol. The first-order valence-corrected chi connectivity index (χ1v) is 8.56. The fraction of sp³-hybridized carbons (Fsp3) is 0.300. The minimum atomic E-state index is -0.829. The summed E-state index contributed by atoms with van der Waals surface area (Å²) in [5.41, 5.74) is 1.11. The number of esters is 1. The van der Waals surface area contributed by atoms with Gasteiger partial charge in [0.1, 0.15) is 30.8 Å². The van der Waals surface area contributed by atoms with Crippen LogP contribution in [0, 0.1) is 0 Å². The third-order valence-electron chi connectivity index (χ3n) is 3.42. The third kappa shape index (κ3) is 6.99. The Kier molecular flexibility index (Phi) is 7.63. The predicted octanol–water partition coefficient (Wildman–Crippen LogP) is 2.64. The molecular formula is C20H23NO6. The van der Waals surface area contributed by atoms with Gasteiger partial charge in [0.25, 0.3) is 0 Å². The summed E-state index contributed by atoms with van der Waals surface area (Å²) in [6, 6.07) is 13.3. The Hall–Kier alpha value is -3.06. The summed E-state index contributed by atoms with van der Waals surface area (Å²) < 4.78 is 15.9. The van der Waals surface area contributed by atoms with E-state index in [0.717, 1.165) is 0 Å². The molecule has 0 spiro atoms. The van der Waals surface area contributed by atoms with Crippen molar-refractivity contribution in [3.8, 4) is 11.5 Å². The van der Waals surface area contributed by atoms with Gasteiger partial charge in [-0.1, -0.05) is 0 Å². The molecule has 0 aliphatic carbocycles. The molecule has 7 heteroatoms. The largest absolute Gasteiger partial charge is 0.491 e. The number of carbonyl (C=O) groups is 2. The molecule has 2 aromatic carbocycles. The molecule has 1 atom stereocenters. The summed E-state index contributed by atoms with van der Waals surface area (Å²) >= 11 is 0. The van der Waals surface area contributed by atoms with Crippen molar-refractivity contribution < 1.29 is 28.9 Å². The number of aliphatic hydroxyl groups excluding tert-OH is 1. The van der Waals surface area contributed by atoms with Crippen molar-refractivity contribution in [3.63, 3.8) is 0 Å². The molecule has 2 aromatic rings. The lowest BCUT2D eigenvalue weighted by atomic mass is 10.2. The molecule has 1 amide bonds. The van der Waals surface area contributed by atoms with Gasteiger partial charge < -0.3 is 24.6 Å². The van der Waals surface area contributed by atoms with Gasteiger partial charge in [-0.3, -0.25) is 4.79 Å². The van der Waals surface area contributed by atoms with Crippen LogP contribution in [0.3, 0.4) is 0 Å². The first-order chi connectivity index (χ1) is 13.0. The zero-order chi connectivity index (χ0) is 19.6. The number of amides is 1. The third-order valence-corrected chi connectivity index (χ3v) is 3.42. The molecule has 0 heterocycles. The molecule has 0 aliphatic heterocycles. The van der Waals surface area contributed by atoms with E-state index in [9.17, 15) is 14.7 Å². The summed E-state index contributed by atoms with van der Waals surface area (Å²) in [5.74, 6) is 0.567. The molecule has 0 saturated heterocycles. The van der Waals surface area contributed by atoms with Crippen LogP contribution in [0.1, 0.15) is 24.2 Å². The molecule has 0 aliphatic rings. The van der Waals surface area contributed by atoms with E-state index >= 15 is 0 Å². The highest BCUT2D eigenvalue weighted by atomic mass is 16.5. The molecule has 0 saturated carbocycles. The van der Waals surface area contributed by atoms with Crippen molar-refractivity contribution in [3.05, 3.63) is 54.1 Å². The van der Waals surface area contributed by atoms with Crippen LogP contribution in [0.5, 0.6) is 11.5 Å². The van der Waals surface area contributed by atoms with Crippen LogP contribution in [-0.2, 0) is 9.53 Å². The zero-order valence-electron chi connectivity index (χ0n) is 15.3. The van der Waals surface area contributed by atoms with E-state index < -0.39 is 6.10 Å². The average molecular weight is 373 g/mol. The Balaban J connectivity index is 1.75. The van der Waals surface area contributed by atoms with Crippen molar-refractivity contribution >= 4 is 17.6 Å². The maximum atomic E-state index is 11.6. The Labute approximate surface area is 157 Å². The maximum Gasteiger partial charge on any atom is 0.338 e. The van der Waals surface area contributed by atoms with E-state index in [1.54, 1.807) is 55.5 Å². The Morgan fingerprint density at radius 1 is 0.963 bits per heavy atom. The van der Waals surface area contributed by atoms with Crippen LogP contribution in [0.25, 0.3) is 0 Å². The fourth-order valence-electron chi connectivity index (χ4n) is 2.17. The molecule has 0 fully saturated rings. The molecule has 2 rings (SSSR count). The van der Waals surface area contributed by atoms with Crippen molar-refractivity contribution in [2.45, 2.75) is 20.0 Å². The van der Waals surface area contributed by atoms with Gasteiger partial charge in [0.2, 0.25) is 5.91 Å². The SMILES string of the molecule is CCOC(=O)c1ccc(OCC(O)COc2ccc(NC(C)=O)cc2)cc1. The standard InChI is InChI=1S/C20H23NO6/c1-3-25-20(24)15-4-8-18(9-5-15)26-12-17(23)13-27-19-10-6-16(7-11-19)21-14(2)22/h4-11,17,23H,3,12-13H2,1-2H3,(H,21,22). The highest BCUT2D eigenvalue weighted by molar-refractivity contribution is 5.89. The van der Waals surface area contributed by atoms with Gasteiger partial charge in [-0.2, -0.15) is 0 Å².